The van der Waals surface area contributed by atoms with Gasteiger partial charge in [-0.2, -0.15) is 0 Å². The summed E-state index contributed by atoms with van der Waals surface area (Å²) in [5.74, 6) is -0.296. The van der Waals surface area contributed by atoms with Crippen LogP contribution in [-0.2, 0) is 6.42 Å². The first-order chi connectivity index (χ1) is 9.44. The summed E-state index contributed by atoms with van der Waals surface area (Å²) in [4.78, 5) is 7.79. The fourth-order valence-electron chi connectivity index (χ4n) is 1.64. The van der Waals surface area contributed by atoms with Gasteiger partial charge in [0.05, 0.1) is 11.9 Å². The van der Waals surface area contributed by atoms with Gasteiger partial charge in [-0.1, -0.05) is 12.1 Å². The van der Waals surface area contributed by atoms with Crippen molar-refractivity contribution in [3.8, 4) is 5.75 Å². The molecule has 0 saturated carbocycles. The van der Waals surface area contributed by atoms with Crippen molar-refractivity contribution in [2.75, 3.05) is 0 Å². The van der Waals surface area contributed by atoms with E-state index in [1.54, 1.807) is 0 Å². The lowest BCUT2D eigenvalue weighted by Crippen LogP contribution is -2.17. The number of nitrogens with zero attached hydrogens (tertiary/aromatic N) is 2. The van der Waals surface area contributed by atoms with Gasteiger partial charge < -0.3 is 9.84 Å². The van der Waals surface area contributed by atoms with Crippen LogP contribution in [0.5, 0.6) is 5.75 Å². The van der Waals surface area contributed by atoms with Crippen molar-refractivity contribution in [2.24, 2.45) is 0 Å². The van der Waals surface area contributed by atoms with Crippen LogP contribution in [0.2, 0.25) is 0 Å². The second-order valence-corrected chi connectivity index (χ2v) is 4.04. The van der Waals surface area contributed by atoms with Crippen LogP contribution < -0.4 is 4.74 Å². The van der Waals surface area contributed by atoms with E-state index in [1.807, 2.05) is 0 Å². The smallest absolute Gasteiger partial charge is 0.406 e. The number of rotatable bonds is 4. The molecule has 0 saturated heterocycles. The number of hydrogen-bond donors (Lipinski definition) is 1. The Hall–Kier alpha value is -2.15. The Kier molecular flexibility index (Phi) is 4.19. The Bertz CT molecular complexity index is 544. The Morgan fingerprint density at radius 3 is 2.40 bits per heavy atom. The third kappa shape index (κ3) is 4.20. The number of aliphatic hydroxyl groups is 1. The normalized spacial score (nSPS) is 13.0. The van der Waals surface area contributed by atoms with Crippen LogP contribution in [0.4, 0.5) is 13.2 Å². The van der Waals surface area contributed by atoms with E-state index in [2.05, 4.69) is 14.7 Å². The summed E-state index contributed by atoms with van der Waals surface area (Å²) in [6, 6.07) is 5.32. The molecule has 0 amide bonds. The molecule has 4 nitrogen and oxygen atoms in total. The molecular formula is C13H11F3N2O2. The average Bonchev–Trinajstić information content (AvgIpc) is 2.40. The molecule has 1 atom stereocenters. The van der Waals surface area contributed by atoms with Gasteiger partial charge in [0.2, 0.25) is 0 Å². The highest BCUT2D eigenvalue weighted by Gasteiger charge is 2.30. The minimum Gasteiger partial charge on any atom is -0.406 e. The summed E-state index contributed by atoms with van der Waals surface area (Å²) < 4.78 is 39.7. The zero-order valence-electron chi connectivity index (χ0n) is 10.2. The van der Waals surface area contributed by atoms with E-state index in [0.717, 1.165) is 0 Å². The lowest BCUT2D eigenvalue weighted by molar-refractivity contribution is -0.274. The maximum absolute atomic E-state index is 12.0. The number of aliphatic hydroxyl groups excluding tert-OH is 1. The number of alkyl halides is 3. The molecule has 0 fully saturated rings. The van der Waals surface area contributed by atoms with Crippen molar-refractivity contribution in [2.45, 2.75) is 18.9 Å². The standard InChI is InChI=1S/C13H11F3N2O2/c14-13(15,16)20-10-3-1-9(2-4-10)7-12(19)11-8-17-5-6-18-11/h1-6,8,12,19H,7H2. The fraction of sp³-hybridized carbons (Fsp3) is 0.231. The number of hydrogen-bond acceptors (Lipinski definition) is 4. The van der Waals surface area contributed by atoms with Crippen molar-refractivity contribution < 1.29 is 23.0 Å². The molecule has 1 aromatic carbocycles. The first kappa shape index (κ1) is 14.3. The maximum Gasteiger partial charge on any atom is 0.573 e. The van der Waals surface area contributed by atoms with Gasteiger partial charge in [0, 0.05) is 18.8 Å². The summed E-state index contributed by atoms with van der Waals surface area (Å²) in [7, 11) is 0. The Balaban J connectivity index is 2.00. The molecule has 1 heterocycles. The van der Waals surface area contributed by atoms with Gasteiger partial charge >= 0.3 is 6.36 Å². The molecule has 0 aliphatic carbocycles. The summed E-state index contributed by atoms with van der Waals surface area (Å²) in [5.41, 5.74) is 1.07. The lowest BCUT2D eigenvalue weighted by Gasteiger charge is -2.11. The van der Waals surface area contributed by atoms with Crippen molar-refractivity contribution >= 4 is 0 Å². The van der Waals surface area contributed by atoms with E-state index in [-0.39, 0.29) is 12.2 Å². The van der Waals surface area contributed by atoms with Gasteiger partial charge in [-0.05, 0) is 17.7 Å². The third-order valence-electron chi connectivity index (χ3n) is 2.51. The van der Waals surface area contributed by atoms with E-state index in [1.165, 1.54) is 42.9 Å². The summed E-state index contributed by atoms with van der Waals surface area (Å²) >= 11 is 0. The monoisotopic (exact) mass is 284 g/mol. The van der Waals surface area contributed by atoms with Crippen molar-refractivity contribution in [1.29, 1.82) is 0 Å². The predicted molar refractivity (Wildman–Crippen MR) is 63.8 cm³/mol. The largest absolute Gasteiger partial charge is 0.573 e. The molecular weight excluding hydrogens is 273 g/mol. The maximum atomic E-state index is 12.0. The van der Waals surface area contributed by atoms with Crippen LogP contribution in [0.3, 0.4) is 0 Å². The Morgan fingerprint density at radius 1 is 1.15 bits per heavy atom. The van der Waals surface area contributed by atoms with Crippen LogP contribution in [0, 0.1) is 0 Å². The van der Waals surface area contributed by atoms with E-state index in [0.29, 0.717) is 11.3 Å². The van der Waals surface area contributed by atoms with Gasteiger partial charge in [0.25, 0.3) is 0 Å². The van der Waals surface area contributed by atoms with Crippen LogP contribution in [0.25, 0.3) is 0 Å². The van der Waals surface area contributed by atoms with E-state index in [4.69, 9.17) is 0 Å². The van der Waals surface area contributed by atoms with Crippen molar-refractivity contribution in [3.63, 3.8) is 0 Å². The highest BCUT2D eigenvalue weighted by molar-refractivity contribution is 5.28. The van der Waals surface area contributed by atoms with Gasteiger partial charge in [-0.25, -0.2) is 0 Å². The molecule has 106 valence electrons. The van der Waals surface area contributed by atoms with Crippen LogP contribution >= 0.6 is 0 Å². The second kappa shape index (κ2) is 5.87. The van der Waals surface area contributed by atoms with Gasteiger partial charge in [-0.15, -0.1) is 13.2 Å². The number of halogens is 3. The quantitative estimate of drug-likeness (QED) is 0.937. The van der Waals surface area contributed by atoms with Crippen LogP contribution in [0.1, 0.15) is 17.4 Å². The minimum atomic E-state index is -4.71. The first-order valence-corrected chi connectivity index (χ1v) is 5.73. The second-order valence-electron chi connectivity index (χ2n) is 4.04. The van der Waals surface area contributed by atoms with Crippen molar-refractivity contribution in [1.82, 2.24) is 9.97 Å². The molecule has 0 spiro atoms. The summed E-state index contributed by atoms with van der Waals surface area (Å²) in [6.45, 7) is 0. The summed E-state index contributed by atoms with van der Waals surface area (Å²) in [5, 5.41) is 9.92. The highest BCUT2D eigenvalue weighted by atomic mass is 19.4. The van der Waals surface area contributed by atoms with Crippen LogP contribution in [0.15, 0.2) is 42.9 Å². The molecule has 0 bridgehead atoms. The zero-order chi connectivity index (χ0) is 14.6. The molecule has 7 heteroatoms. The molecule has 2 aromatic rings. The zero-order valence-corrected chi connectivity index (χ0v) is 10.2. The number of ether oxygens (including phenoxy) is 1. The highest BCUT2D eigenvalue weighted by Crippen LogP contribution is 2.24. The average molecular weight is 284 g/mol. The molecule has 2 rings (SSSR count). The Labute approximate surface area is 112 Å². The molecule has 0 aliphatic heterocycles. The fourth-order valence-corrected chi connectivity index (χ4v) is 1.64. The SMILES string of the molecule is OC(Cc1ccc(OC(F)(F)F)cc1)c1cnccn1. The Morgan fingerprint density at radius 2 is 1.85 bits per heavy atom. The van der Waals surface area contributed by atoms with E-state index in [9.17, 15) is 18.3 Å². The van der Waals surface area contributed by atoms with E-state index < -0.39 is 12.5 Å². The van der Waals surface area contributed by atoms with Crippen LogP contribution in [-0.4, -0.2) is 21.4 Å². The molecule has 1 N–H and O–H groups in total. The molecule has 1 unspecified atom stereocenters. The minimum absolute atomic E-state index is 0.227. The molecule has 1 aromatic heterocycles. The molecule has 0 aliphatic rings. The van der Waals surface area contributed by atoms with Crippen molar-refractivity contribution in [3.05, 3.63) is 54.1 Å². The van der Waals surface area contributed by atoms with Gasteiger partial charge in [0.15, 0.2) is 0 Å². The topological polar surface area (TPSA) is 55.2 Å². The molecule has 20 heavy (non-hydrogen) atoms. The van der Waals surface area contributed by atoms with Gasteiger partial charge in [0.1, 0.15) is 11.9 Å². The van der Waals surface area contributed by atoms with E-state index >= 15 is 0 Å². The lowest BCUT2D eigenvalue weighted by atomic mass is 10.1. The predicted octanol–water partition coefficient (Wildman–Crippen LogP) is 2.65. The van der Waals surface area contributed by atoms with Gasteiger partial charge in [-0.3, -0.25) is 9.97 Å². The summed E-state index contributed by atoms with van der Waals surface area (Å²) in [6.07, 6.45) is -0.964. The number of benzene rings is 1. The first-order valence-electron chi connectivity index (χ1n) is 5.73. The molecule has 0 radical (unpaired) electrons. The third-order valence-corrected chi connectivity index (χ3v) is 2.51. The number of aromatic nitrogens is 2.